The van der Waals surface area contributed by atoms with Gasteiger partial charge in [-0.25, -0.2) is 0 Å². The number of rotatable bonds is 6. The lowest BCUT2D eigenvalue weighted by molar-refractivity contribution is -0.116. The van der Waals surface area contributed by atoms with Gasteiger partial charge in [-0.2, -0.15) is 0 Å². The topological polar surface area (TPSA) is 49.6 Å². The number of anilines is 1. The van der Waals surface area contributed by atoms with Crippen molar-refractivity contribution in [2.24, 2.45) is 0 Å². The van der Waals surface area contributed by atoms with Crippen molar-refractivity contribution in [3.8, 4) is 0 Å². The summed E-state index contributed by atoms with van der Waals surface area (Å²) in [5, 5.41) is 4.05. The maximum absolute atomic E-state index is 10.5. The summed E-state index contributed by atoms with van der Waals surface area (Å²) in [6.45, 7) is 3.45. The fourth-order valence-corrected chi connectivity index (χ4v) is 1.93. The van der Waals surface area contributed by atoms with Gasteiger partial charge in [-0.15, -0.1) is 0 Å². The number of aromatic nitrogens is 1. The van der Waals surface area contributed by atoms with Crippen LogP contribution in [0.5, 0.6) is 0 Å². The number of likely N-dealkylation sites (N-methyl/N-ethyl adjacent to an activating group) is 2. The third-order valence-corrected chi connectivity index (χ3v) is 3.15. The van der Waals surface area contributed by atoms with Gasteiger partial charge in [0, 0.05) is 33.1 Å². The standard InChI is InChI=1S/C12H19N3O2/c1-9-11(12(17-13-9)10-4-5-10)15(3)7-6-14(2)8-16/h8,10H,4-7H2,1-3H3. The smallest absolute Gasteiger partial charge is 0.209 e. The molecule has 0 radical (unpaired) electrons. The van der Waals surface area contributed by atoms with Crippen LogP contribution in [0.3, 0.4) is 0 Å². The van der Waals surface area contributed by atoms with Crippen molar-refractivity contribution < 1.29 is 9.32 Å². The highest BCUT2D eigenvalue weighted by Gasteiger charge is 2.32. The molecule has 0 spiro atoms. The Hall–Kier alpha value is -1.52. The molecule has 1 aromatic heterocycles. The summed E-state index contributed by atoms with van der Waals surface area (Å²) in [4.78, 5) is 14.3. The SMILES string of the molecule is Cc1noc(C2CC2)c1N(C)CCN(C)C=O. The molecular formula is C12H19N3O2. The molecule has 1 fully saturated rings. The van der Waals surface area contributed by atoms with Gasteiger partial charge in [0.2, 0.25) is 6.41 Å². The van der Waals surface area contributed by atoms with Gasteiger partial charge in [0.1, 0.15) is 11.4 Å². The molecule has 94 valence electrons. The second kappa shape index (κ2) is 4.77. The van der Waals surface area contributed by atoms with E-state index in [4.69, 9.17) is 4.52 Å². The number of carbonyl (C=O) groups is 1. The first-order valence-electron chi connectivity index (χ1n) is 5.96. The number of aryl methyl sites for hydroxylation is 1. The third-order valence-electron chi connectivity index (χ3n) is 3.15. The summed E-state index contributed by atoms with van der Waals surface area (Å²) in [6.07, 6.45) is 3.24. The highest BCUT2D eigenvalue weighted by molar-refractivity contribution is 5.55. The van der Waals surface area contributed by atoms with Crippen LogP contribution in [0.4, 0.5) is 5.69 Å². The highest BCUT2D eigenvalue weighted by Crippen LogP contribution is 2.45. The minimum atomic E-state index is 0.553. The minimum absolute atomic E-state index is 0.553. The zero-order chi connectivity index (χ0) is 12.4. The lowest BCUT2D eigenvalue weighted by atomic mass is 10.2. The van der Waals surface area contributed by atoms with E-state index < -0.39 is 0 Å². The monoisotopic (exact) mass is 237 g/mol. The molecule has 1 aliphatic rings. The van der Waals surface area contributed by atoms with Crippen LogP contribution >= 0.6 is 0 Å². The average molecular weight is 237 g/mol. The van der Waals surface area contributed by atoms with E-state index in [0.29, 0.717) is 12.5 Å². The van der Waals surface area contributed by atoms with E-state index in [0.717, 1.165) is 30.1 Å². The van der Waals surface area contributed by atoms with Crippen LogP contribution in [0.2, 0.25) is 0 Å². The molecular weight excluding hydrogens is 218 g/mol. The molecule has 1 saturated carbocycles. The molecule has 17 heavy (non-hydrogen) atoms. The Balaban J connectivity index is 2.04. The van der Waals surface area contributed by atoms with Crippen molar-refractivity contribution in [1.82, 2.24) is 10.1 Å². The summed E-state index contributed by atoms with van der Waals surface area (Å²) >= 11 is 0. The van der Waals surface area contributed by atoms with Crippen LogP contribution in [0.1, 0.15) is 30.2 Å². The number of hydrogen-bond donors (Lipinski definition) is 0. The van der Waals surface area contributed by atoms with Crippen molar-refractivity contribution in [2.75, 3.05) is 32.1 Å². The molecule has 2 rings (SSSR count). The molecule has 1 aromatic rings. The second-order valence-electron chi connectivity index (χ2n) is 4.76. The van der Waals surface area contributed by atoms with Crippen LogP contribution < -0.4 is 4.90 Å². The molecule has 5 nitrogen and oxygen atoms in total. The Morgan fingerprint density at radius 3 is 2.71 bits per heavy atom. The van der Waals surface area contributed by atoms with E-state index in [-0.39, 0.29) is 0 Å². The largest absolute Gasteiger partial charge is 0.368 e. The van der Waals surface area contributed by atoms with Crippen molar-refractivity contribution in [3.05, 3.63) is 11.5 Å². The summed E-state index contributed by atoms with van der Waals surface area (Å²) in [6, 6.07) is 0. The van der Waals surface area contributed by atoms with Crippen molar-refractivity contribution in [1.29, 1.82) is 0 Å². The number of hydrogen-bond acceptors (Lipinski definition) is 4. The molecule has 0 bridgehead atoms. The van der Waals surface area contributed by atoms with E-state index in [1.54, 1.807) is 11.9 Å². The minimum Gasteiger partial charge on any atom is -0.368 e. The van der Waals surface area contributed by atoms with Crippen LogP contribution in [0, 0.1) is 6.92 Å². The molecule has 1 aliphatic carbocycles. The maximum Gasteiger partial charge on any atom is 0.209 e. The normalized spacial score (nSPS) is 14.8. The van der Waals surface area contributed by atoms with Gasteiger partial charge in [-0.3, -0.25) is 4.79 Å². The first-order valence-corrected chi connectivity index (χ1v) is 5.96. The predicted molar refractivity (Wildman–Crippen MR) is 65.2 cm³/mol. The van der Waals surface area contributed by atoms with Crippen LogP contribution in [0.25, 0.3) is 0 Å². The summed E-state index contributed by atoms with van der Waals surface area (Å²) in [5.74, 6) is 1.57. The van der Waals surface area contributed by atoms with E-state index in [1.807, 2.05) is 14.0 Å². The Bertz CT molecular complexity index is 398. The van der Waals surface area contributed by atoms with Gasteiger partial charge in [0.05, 0.1) is 0 Å². The Morgan fingerprint density at radius 2 is 2.12 bits per heavy atom. The number of nitrogens with zero attached hydrogens (tertiary/aromatic N) is 3. The van der Waals surface area contributed by atoms with Crippen molar-refractivity contribution >= 4 is 12.1 Å². The zero-order valence-corrected chi connectivity index (χ0v) is 10.6. The second-order valence-corrected chi connectivity index (χ2v) is 4.76. The zero-order valence-electron chi connectivity index (χ0n) is 10.6. The molecule has 1 amide bonds. The molecule has 5 heteroatoms. The maximum atomic E-state index is 10.5. The van der Waals surface area contributed by atoms with Crippen LogP contribution in [-0.2, 0) is 4.79 Å². The predicted octanol–water partition coefficient (Wildman–Crippen LogP) is 1.38. The van der Waals surface area contributed by atoms with Gasteiger partial charge in [-0.05, 0) is 19.8 Å². The highest BCUT2D eigenvalue weighted by atomic mass is 16.5. The fourth-order valence-electron chi connectivity index (χ4n) is 1.93. The molecule has 0 N–H and O–H groups in total. The van der Waals surface area contributed by atoms with Gasteiger partial charge in [0.25, 0.3) is 0 Å². The summed E-state index contributed by atoms with van der Waals surface area (Å²) in [7, 11) is 3.80. The average Bonchev–Trinajstić information content (AvgIpc) is 3.09. The molecule has 0 unspecified atom stereocenters. The Morgan fingerprint density at radius 1 is 1.41 bits per heavy atom. The number of amides is 1. The van der Waals surface area contributed by atoms with Gasteiger partial charge in [0.15, 0.2) is 5.76 Å². The Kier molecular flexibility index (Phi) is 3.36. The van der Waals surface area contributed by atoms with E-state index >= 15 is 0 Å². The molecule has 0 saturated heterocycles. The van der Waals surface area contributed by atoms with Crippen LogP contribution in [-0.4, -0.2) is 43.7 Å². The fraction of sp³-hybridized carbons (Fsp3) is 0.667. The van der Waals surface area contributed by atoms with E-state index in [9.17, 15) is 4.79 Å². The van der Waals surface area contributed by atoms with E-state index in [2.05, 4.69) is 10.1 Å². The lowest BCUT2D eigenvalue weighted by Crippen LogP contribution is -2.30. The van der Waals surface area contributed by atoms with Crippen LogP contribution in [0.15, 0.2) is 4.52 Å². The molecule has 1 heterocycles. The van der Waals surface area contributed by atoms with Crippen molar-refractivity contribution in [2.45, 2.75) is 25.7 Å². The quantitative estimate of drug-likeness (QED) is 0.701. The Labute approximate surface area is 101 Å². The third kappa shape index (κ3) is 2.60. The summed E-state index contributed by atoms with van der Waals surface area (Å²) in [5.41, 5.74) is 2.04. The van der Waals surface area contributed by atoms with Gasteiger partial charge < -0.3 is 14.3 Å². The molecule has 0 aromatic carbocycles. The van der Waals surface area contributed by atoms with E-state index in [1.165, 1.54) is 12.8 Å². The van der Waals surface area contributed by atoms with Gasteiger partial charge >= 0.3 is 0 Å². The first kappa shape index (κ1) is 12.0. The van der Waals surface area contributed by atoms with Gasteiger partial charge in [-0.1, -0.05) is 5.16 Å². The van der Waals surface area contributed by atoms with Crippen molar-refractivity contribution in [3.63, 3.8) is 0 Å². The first-order chi connectivity index (χ1) is 8.13. The summed E-state index contributed by atoms with van der Waals surface area (Å²) < 4.78 is 5.40. The molecule has 0 aliphatic heterocycles. The number of carbonyl (C=O) groups excluding carboxylic acids is 1. The lowest BCUT2D eigenvalue weighted by Gasteiger charge is -2.21. The molecule has 0 atom stereocenters.